The van der Waals surface area contributed by atoms with Crippen molar-refractivity contribution in [2.24, 2.45) is 4.99 Å². The molecule has 0 atom stereocenters. The SMILES string of the molecule is COCCn1/c(=N/C(=O)c2ccccc2CCc2ccccc2)sc2ccccc21. The minimum Gasteiger partial charge on any atom is -0.383 e. The van der Waals surface area contributed by atoms with Gasteiger partial charge in [-0.15, -0.1) is 0 Å². The lowest BCUT2D eigenvalue weighted by atomic mass is 9.99. The van der Waals surface area contributed by atoms with Crippen LogP contribution < -0.4 is 4.80 Å². The molecule has 0 saturated carbocycles. The van der Waals surface area contributed by atoms with Crippen molar-refractivity contribution >= 4 is 27.5 Å². The minimum absolute atomic E-state index is 0.198. The highest BCUT2D eigenvalue weighted by Crippen LogP contribution is 2.18. The fraction of sp³-hybridized carbons (Fsp3) is 0.200. The van der Waals surface area contributed by atoms with Gasteiger partial charge >= 0.3 is 0 Å². The van der Waals surface area contributed by atoms with E-state index in [0.29, 0.717) is 23.5 Å². The zero-order chi connectivity index (χ0) is 20.8. The quantitative estimate of drug-likeness (QED) is 0.431. The molecule has 1 amide bonds. The molecule has 0 bridgehead atoms. The third kappa shape index (κ3) is 4.58. The first-order valence-corrected chi connectivity index (χ1v) is 10.9. The van der Waals surface area contributed by atoms with Gasteiger partial charge in [0.05, 0.1) is 16.8 Å². The molecule has 1 aromatic heterocycles. The maximum Gasteiger partial charge on any atom is 0.279 e. The summed E-state index contributed by atoms with van der Waals surface area (Å²) in [6.45, 7) is 1.22. The molecule has 4 aromatic rings. The number of carbonyl (C=O) groups is 1. The molecule has 0 radical (unpaired) electrons. The van der Waals surface area contributed by atoms with Gasteiger partial charge in [-0.25, -0.2) is 0 Å². The maximum absolute atomic E-state index is 13.1. The summed E-state index contributed by atoms with van der Waals surface area (Å²) in [6, 6.07) is 26.2. The molecule has 0 aliphatic rings. The van der Waals surface area contributed by atoms with Gasteiger partial charge in [0, 0.05) is 19.2 Å². The van der Waals surface area contributed by atoms with Gasteiger partial charge in [-0.3, -0.25) is 4.79 Å². The molecule has 0 aliphatic carbocycles. The van der Waals surface area contributed by atoms with Gasteiger partial charge in [0.2, 0.25) is 0 Å². The molecule has 30 heavy (non-hydrogen) atoms. The molecule has 0 fully saturated rings. The molecule has 0 unspecified atom stereocenters. The number of rotatable bonds is 7. The summed E-state index contributed by atoms with van der Waals surface area (Å²) in [5, 5.41) is 0. The van der Waals surface area contributed by atoms with Crippen LogP contribution in [0.2, 0.25) is 0 Å². The Labute approximate surface area is 180 Å². The fourth-order valence-electron chi connectivity index (χ4n) is 3.52. The number of fused-ring (bicyclic) bond motifs is 1. The van der Waals surface area contributed by atoms with E-state index in [9.17, 15) is 4.79 Å². The van der Waals surface area contributed by atoms with Crippen LogP contribution in [0.15, 0.2) is 83.9 Å². The highest BCUT2D eigenvalue weighted by molar-refractivity contribution is 7.16. The van der Waals surface area contributed by atoms with E-state index >= 15 is 0 Å². The van der Waals surface area contributed by atoms with Crippen LogP contribution in [0.5, 0.6) is 0 Å². The summed E-state index contributed by atoms with van der Waals surface area (Å²) < 4.78 is 8.43. The summed E-state index contributed by atoms with van der Waals surface area (Å²) in [7, 11) is 1.68. The number of benzene rings is 3. The first-order chi connectivity index (χ1) is 14.8. The highest BCUT2D eigenvalue weighted by atomic mass is 32.1. The zero-order valence-corrected chi connectivity index (χ0v) is 17.8. The van der Waals surface area contributed by atoms with Crippen LogP contribution in [0.25, 0.3) is 10.2 Å². The van der Waals surface area contributed by atoms with Crippen LogP contribution >= 0.6 is 11.3 Å². The van der Waals surface area contributed by atoms with Gasteiger partial charge in [0.15, 0.2) is 4.80 Å². The second-order valence-corrected chi connectivity index (χ2v) is 8.07. The Balaban J connectivity index is 1.66. The number of aromatic nitrogens is 1. The Morgan fingerprint density at radius 3 is 2.50 bits per heavy atom. The summed E-state index contributed by atoms with van der Waals surface area (Å²) in [5.74, 6) is -0.198. The third-order valence-electron chi connectivity index (χ3n) is 5.08. The predicted octanol–water partition coefficient (Wildman–Crippen LogP) is 4.88. The highest BCUT2D eigenvalue weighted by Gasteiger charge is 2.12. The summed E-state index contributed by atoms with van der Waals surface area (Å²) in [4.78, 5) is 18.4. The average Bonchev–Trinajstić information content (AvgIpc) is 3.14. The Kier molecular flexibility index (Phi) is 6.52. The predicted molar refractivity (Wildman–Crippen MR) is 122 cm³/mol. The average molecular weight is 417 g/mol. The van der Waals surface area contributed by atoms with Crippen LogP contribution in [0.3, 0.4) is 0 Å². The van der Waals surface area contributed by atoms with Crippen molar-refractivity contribution in [3.05, 3.63) is 100 Å². The molecule has 0 saturated heterocycles. The molecule has 0 N–H and O–H groups in total. The molecular formula is C25H24N2O2S. The number of amides is 1. The Hall–Kier alpha value is -3.02. The topological polar surface area (TPSA) is 43.6 Å². The molecule has 0 aliphatic heterocycles. The van der Waals surface area contributed by atoms with E-state index in [0.717, 1.165) is 28.6 Å². The molecule has 152 valence electrons. The number of methoxy groups -OCH3 is 1. The lowest BCUT2D eigenvalue weighted by molar-refractivity contribution is 0.0996. The number of carbonyl (C=O) groups excluding carboxylic acids is 1. The molecule has 0 spiro atoms. The molecule has 4 rings (SSSR count). The fourth-order valence-corrected chi connectivity index (χ4v) is 4.58. The molecule has 5 heteroatoms. The second-order valence-electron chi connectivity index (χ2n) is 7.06. The number of hydrogen-bond donors (Lipinski definition) is 0. The van der Waals surface area contributed by atoms with E-state index < -0.39 is 0 Å². The Morgan fingerprint density at radius 2 is 1.67 bits per heavy atom. The minimum atomic E-state index is -0.198. The lowest BCUT2D eigenvalue weighted by Gasteiger charge is -2.07. The number of hydrogen-bond acceptors (Lipinski definition) is 3. The van der Waals surface area contributed by atoms with Crippen LogP contribution in [0.1, 0.15) is 21.5 Å². The summed E-state index contributed by atoms with van der Waals surface area (Å²) >= 11 is 1.53. The molecular weight excluding hydrogens is 392 g/mol. The van der Waals surface area contributed by atoms with Gasteiger partial charge < -0.3 is 9.30 Å². The van der Waals surface area contributed by atoms with Crippen molar-refractivity contribution in [1.82, 2.24) is 4.57 Å². The Morgan fingerprint density at radius 1 is 0.933 bits per heavy atom. The third-order valence-corrected chi connectivity index (χ3v) is 6.14. The first-order valence-electron chi connectivity index (χ1n) is 10.0. The molecule has 3 aromatic carbocycles. The van der Waals surface area contributed by atoms with E-state index in [1.807, 2.05) is 54.6 Å². The maximum atomic E-state index is 13.1. The van der Waals surface area contributed by atoms with E-state index in [-0.39, 0.29) is 5.91 Å². The second kappa shape index (κ2) is 9.65. The number of nitrogens with zero attached hydrogens (tertiary/aromatic N) is 2. The van der Waals surface area contributed by atoms with Crippen molar-refractivity contribution in [3.63, 3.8) is 0 Å². The number of aryl methyl sites for hydroxylation is 2. The Bertz CT molecular complexity index is 1210. The smallest absolute Gasteiger partial charge is 0.279 e. The van der Waals surface area contributed by atoms with Crippen molar-refractivity contribution in [2.75, 3.05) is 13.7 Å². The van der Waals surface area contributed by atoms with Gasteiger partial charge in [-0.2, -0.15) is 4.99 Å². The summed E-state index contributed by atoms with van der Waals surface area (Å²) in [6.07, 6.45) is 1.69. The van der Waals surface area contributed by atoms with Gasteiger partial charge in [-0.1, -0.05) is 72.0 Å². The first kappa shape index (κ1) is 20.3. The molecule has 4 nitrogen and oxygen atoms in total. The van der Waals surface area contributed by atoms with Crippen molar-refractivity contribution in [2.45, 2.75) is 19.4 Å². The van der Waals surface area contributed by atoms with Crippen LogP contribution in [-0.2, 0) is 24.1 Å². The van der Waals surface area contributed by atoms with E-state index in [4.69, 9.17) is 4.74 Å². The van der Waals surface area contributed by atoms with Gasteiger partial charge in [0.1, 0.15) is 0 Å². The standard InChI is InChI=1S/C25H24N2O2S/c1-29-18-17-27-22-13-7-8-14-23(22)30-25(27)26-24(28)21-12-6-5-11-20(21)16-15-19-9-3-2-4-10-19/h2-14H,15-18H2,1H3/b26-25-. The number of ether oxygens (including phenoxy) is 1. The van der Waals surface area contributed by atoms with Gasteiger partial charge in [0.25, 0.3) is 5.91 Å². The van der Waals surface area contributed by atoms with Gasteiger partial charge in [-0.05, 0) is 42.2 Å². The molecule has 1 heterocycles. The van der Waals surface area contributed by atoms with Crippen LogP contribution in [0.4, 0.5) is 0 Å². The number of thiazole rings is 1. The van der Waals surface area contributed by atoms with E-state index in [2.05, 4.69) is 33.8 Å². The van der Waals surface area contributed by atoms with E-state index in [1.54, 1.807) is 7.11 Å². The van der Waals surface area contributed by atoms with Crippen molar-refractivity contribution in [1.29, 1.82) is 0 Å². The number of para-hydroxylation sites is 1. The normalized spacial score (nSPS) is 11.8. The van der Waals surface area contributed by atoms with Crippen LogP contribution in [-0.4, -0.2) is 24.2 Å². The zero-order valence-electron chi connectivity index (χ0n) is 17.0. The largest absolute Gasteiger partial charge is 0.383 e. The monoisotopic (exact) mass is 416 g/mol. The lowest BCUT2D eigenvalue weighted by Crippen LogP contribution is -2.19. The van der Waals surface area contributed by atoms with Crippen molar-refractivity contribution in [3.8, 4) is 0 Å². The van der Waals surface area contributed by atoms with Crippen LogP contribution in [0, 0.1) is 0 Å². The van der Waals surface area contributed by atoms with Crippen molar-refractivity contribution < 1.29 is 9.53 Å². The summed E-state index contributed by atoms with van der Waals surface area (Å²) in [5.41, 5.74) is 4.03. The van der Waals surface area contributed by atoms with E-state index in [1.165, 1.54) is 16.9 Å².